The van der Waals surface area contributed by atoms with Crippen LogP contribution in [0, 0.1) is 0 Å². The number of hydrogen-bond donors (Lipinski definition) is 1. The van der Waals surface area contributed by atoms with E-state index in [4.69, 9.17) is 4.74 Å². The van der Waals surface area contributed by atoms with Gasteiger partial charge in [-0.05, 0) is 24.6 Å². The summed E-state index contributed by atoms with van der Waals surface area (Å²) >= 11 is 0. The topological polar surface area (TPSA) is 63.6 Å². The highest BCUT2D eigenvalue weighted by atomic mass is 32.2. The smallest absolute Gasteiger partial charge is 0.152 e. The molecule has 0 saturated heterocycles. The van der Waals surface area contributed by atoms with Gasteiger partial charge in [0.2, 0.25) is 0 Å². The van der Waals surface area contributed by atoms with Gasteiger partial charge < -0.3 is 9.84 Å². The largest absolute Gasteiger partial charge is 0.497 e. The van der Waals surface area contributed by atoms with Crippen molar-refractivity contribution in [3.63, 3.8) is 0 Å². The number of methoxy groups -OCH3 is 1. The van der Waals surface area contributed by atoms with Crippen LogP contribution in [0.5, 0.6) is 5.75 Å². The van der Waals surface area contributed by atoms with Crippen molar-refractivity contribution in [3.05, 3.63) is 29.8 Å². The van der Waals surface area contributed by atoms with E-state index in [9.17, 15) is 13.5 Å². The fourth-order valence-electron chi connectivity index (χ4n) is 1.31. The normalized spacial score (nSPS) is 15.5. The molecular weight excluding hydrogens is 228 g/mol. The number of rotatable bonds is 4. The van der Waals surface area contributed by atoms with Gasteiger partial charge >= 0.3 is 0 Å². The maximum absolute atomic E-state index is 11.3. The molecule has 0 saturated carbocycles. The van der Waals surface area contributed by atoms with Crippen LogP contribution in [0.4, 0.5) is 0 Å². The van der Waals surface area contributed by atoms with Gasteiger partial charge in [-0.2, -0.15) is 0 Å². The molecule has 90 valence electrons. The van der Waals surface area contributed by atoms with Crippen LogP contribution in [-0.2, 0) is 9.84 Å². The summed E-state index contributed by atoms with van der Waals surface area (Å²) in [4.78, 5) is 0. The first-order valence-corrected chi connectivity index (χ1v) is 6.82. The lowest BCUT2D eigenvalue weighted by atomic mass is 10.1. The Balaban J connectivity index is 2.92. The second kappa shape index (κ2) is 4.84. The van der Waals surface area contributed by atoms with Gasteiger partial charge in [-0.25, -0.2) is 8.42 Å². The Kier molecular flexibility index (Phi) is 3.93. The van der Waals surface area contributed by atoms with Crippen LogP contribution < -0.4 is 4.74 Å². The molecule has 0 unspecified atom stereocenters. The van der Waals surface area contributed by atoms with Gasteiger partial charge in [0.1, 0.15) is 5.75 Å². The van der Waals surface area contributed by atoms with Gasteiger partial charge in [-0.1, -0.05) is 12.1 Å². The molecular formula is C11H16O4S. The first-order chi connectivity index (χ1) is 7.36. The van der Waals surface area contributed by atoms with Crippen LogP contribution in [0.15, 0.2) is 24.3 Å². The second-order valence-corrected chi connectivity index (χ2v) is 6.16. The minimum atomic E-state index is -3.25. The zero-order chi connectivity index (χ0) is 12.3. The predicted molar refractivity (Wildman–Crippen MR) is 62.3 cm³/mol. The molecule has 1 aromatic carbocycles. The third-order valence-electron chi connectivity index (χ3n) is 2.58. The summed E-state index contributed by atoms with van der Waals surface area (Å²) in [5.41, 5.74) is 0.568. The molecule has 0 aliphatic rings. The molecule has 16 heavy (non-hydrogen) atoms. The molecule has 1 N–H and O–H groups in total. The molecule has 4 nitrogen and oxygen atoms in total. The first kappa shape index (κ1) is 13.0. The Hall–Kier alpha value is -1.07. The lowest BCUT2D eigenvalue weighted by Crippen LogP contribution is -2.24. The maximum Gasteiger partial charge on any atom is 0.152 e. The number of benzene rings is 1. The van der Waals surface area contributed by atoms with Crippen molar-refractivity contribution in [1.29, 1.82) is 0 Å². The van der Waals surface area contributed by atoms with E-state index in [1.807, 2.05) is 0 Å². The summed E-state index contributed by atoms with van der Waals surface area (Å²) in [7, 11) is -1.70. The van der Waals surface area contributed by atoms with Crippen molar-refractivity contribution >= 4 is 9.84 Å². The molecule has 1 aromatic rings. The second-order valence-electron chi connectivity index (χ2n) is 3.75. The standard InChI is InChI=1S/C11H16O4S/c1-8(16(3,13)14)11(12)9-4-6-10(15-2)7-5-9/h4-8,11-12H,1-3H3/t8-,11+/m0/s1. The molecule has 0 radical (unpaired) electrons. The fraction of sp³-hybridized carbons (Fsp3) is 0.455. The molecule has 1 rings (SSSR count). The summed E-state index contributed by atoms with van der Waals surface area (Å²) in [6, 6.07) is 6.69. The van der Waals surface area contributed by atoms with Crippen LogP contribution in [0.25, 0.3) is 0 Å². The molecule has 0 spiro atoms. The highest BCUT2D eigenvalue weighted by Crippen LogP contribution is 2.23. The Morgan fingerprint density at radius 3 is 2.12 bits per heavy atom. The SMILES string of the molecule is COc1ccc([C@H](O)[C@H](C)S(C)(=O)=O)cc1. The van der Waals surface area contributed by atoms with E-state index in [2.05, 4.69) is 0 Å². The van der Waals surface area contributed by atoms with E-state index in [-0.39, 0.29) is 0 Å². The van der Waals surface area contributed by atoms with Crippen molar-refractivity contribution in [2.24, 2.45) is 0 Å². The van der Waals surface area contributed by atoms with E-state index < -0.39 is 21.2 Å². The van der Waals surface area contributed by atoms with Gasteiger partial charge in [-0.15, -0.1) is 0 Å². The zero-order valence-corrected chi connectivity index (χ0v) is 10.4. The molecule has 5 heteroatoms. The van der Waals surface area contributed by atoms with Gasteiger partial charge in [0.15, 0.2) is 9.84 Å². The molecule has 0 fully saturated rings. The van der Waals surface area contributed by atoms with Crippen molar-refractivity contribution in [2.45, 2.75) is 18.3 Å². The van der Waals surface area contributed by atoms with Crippen LogP contribution in [0.3, 0.4) is 0 Å². The van der Waals surface area contributed by atoms with Gasteiger partial charge in [0.25, 0.3) is 0 Å². The summed E-state index contributed by atoms with van der Waals surface area (Å²) in [5.74, 6) is 0.669. The van der Waals surface area contributed by atoms with Crippen LogP contribution >= 0.6 is 0 Å². The third-order valence-corrected chi connectivity index (χ3v) is 4.19. The average molecular weight is 244 g/mol. The zero-order valence-electron chi connectivity index (χ0n) is 9.54. The monoisotopic (exact) mass is 244 g/mol. The summed E-state index contributed by atoms with van der Waals surface area (Å²) in [6.45, 7) is 1.49. The molecule has 2 atom stereocenters. The fourth-order valence-corrected chi connectivity index (χ4v) is 1.93. The van der Waals surface area contributed by atoms with E-state index in [1.165, 1.54) is 6.92 Å². The molecule has 0 bridgehead atoms. The number of hydrogen-bond acceptors (Lipinski definition) is 4. The predicted octanol–water partition coefficient (Wildman–Crippen LogP) is 1.16. The highest BCUT2D eigenvalue weighted by Gasteiger charge is 2.25. The molecule has 0 aliphatic carbocycles. The van der Waals surface area contributed by atoms with Crippen molar-refractivity contribution in [2.75, 3.05) is 13.4 Å². The van der Waals surface area contributed by atoms with Gasteiger partial charge in [0, 0.05) is 6.26 Å². The number of aliphatic hydroxyl groups is 1. The number of ether oxygens (including phenoxy) is 1. The lowest BCUT2D eigenvalue weighted by molar-refractivity contribution is 0.176. The minimum absolute atomic E-state index is 0.568. The summed E-state index contributed by atoms with van der Waals surface area (Å²) < 4.78 is 27.5. The Morgan fingerprint density at radius 1 is 1.25 bits per heavy atom. The number of sulfone groups is 1. The first-order valence-electron chi connectivity index (χ1n) is 4.87. The Bertz CT molecular complexity index is 436. The van der Waals surface area contributed by atoms with E-state index in [0.29, 0.717) is 11.3 Å². The summed E-state index contributed by atoms with van der Waals surface area (Å²) in [6.07, 6.45) is 0.102. The van der Waals surface area contributed by atoms with E-state index in [1.54, 1.807) is 31.4 Å². The molecule has 0 amide bonds. The molecule has 0 heterocycles. The van der Waals surface area contributed by atoms with Crippen molar-refractivity contribution in [3.8, 4) is 5.75 Å². The Labute approximate surface area is 95.8 Å². The molecule has 0 aliphatic heterocycles. The van der Waals surface area contributed by atoms with Crippen molar-refractivity contribution < 1.29 is 18.3 Å². The molecule has 0 aromatic heterocycles. The van der Waals surface area contributed by atoms with Crippen LogP contribution in [0.2, 0.25) is 0 Å². The van der Waals surface area contributed by atoms with Crippen molar-refractivity contribution in [1.82, 2.24) is 0 Å². The maximum atomic E-state index is 11.3. The van der Waals surface area contributed by atoms with Gasteiger partial charge in [0.05, 0.1) is 18.5 Å². The third kappa shape index (κ3) is 2.96. The lowest BCUT2D eigenvalue weighted by Gasteiger charge is -2.17. The number of aliphatic hydroxyl groups excluding tert-OH is 1. The quantitative estimate of drug-likeness (QED) is 0.863. The van der Waals surface area contributed by atoms with E-state index >= 15 is 0 Å². The van der Waals surface area contributed by atoms with Crippen LogP contribution in [-0.4, -0.2) is 32.1 Å². The Morgan fingerprint density at radius 2 is 1.75 bits per heavy atom. The average Bonchev–Trinajstić information content (AvgIpc) is 2.26. The minimum Gasteiger partial charge on any atom is -0.497 e. The van der Waals surface area contributed by atoms with E-state index in [0.717, 1.165) is 6.26 Å². The van der Waals surface area contributed by atoms with Gasteiger partial charge in [-0.3, -0.25) is 0 Å². The highest BCUT2D eigenvalue weighted by molar-refractivity contribution is 7.91. The van der Waals surface area contributed by atoms with Crippen LogP contribution in [0.1, 0.15) is 18.6 Å². The summed E-state index contributed by atoms with van der Waals surface area (Å²) in [5, 5.41) is 9.05.